The van der Waals surface area contributed by atoms with Crippen molar-refractivity contribution in [2.24, 2.45) is 0 Å². The molecule has 15 heavy (non-hydrogen) atoms. The highest BCUT2D eigenvalue weighted by atomic mass is 16.5. The van der Waals surface area contributed by atoms with E-state index in [1.807, 2.05) is 6.07 Å². The predicted octanol–water partition coefficient (Wildman–Crippen LogP) is 0.453. The van der Waals surface area contributed by atoms with Crippen LogP contribution >= 0.6 is 0 Å². The number of esters is 1. The van der Waals surface area contributed by atoms with Gasteiger partial charge in [0.15, 0.2) is 0 Å². The van der Waals surface area contributed by atoms with E-state index >= 15 is 0 Å². The minimum absolute atomic E-state index is 0.0758. The van der Waals surface area contributed by atoms with Crippen LogP contribution in [0.4, 0.5) is 0 Å². The average Bonchev–Trinajstić information content (AvgIpc) is 2.59. The van der Waals surface area contributed by atoms with E-state index in [-0.39, 0.29) is 18.4 Å². The van der Waals surface area contributed by atoms with Crippen LogP contribution < -0.4 is 0 Å². The van der Waals surface area contributed by atoms with Crippen LogP contribution in [-0.4, -0.2) is 36.0 Å². The van der Waals surface area contributed by atoms with Crippen molar-refractivity contribution in [3.05, 3.63) is 0 Å². The van der Waals surface area contributed by atoms with Gasteiger partial charge in [0.1, 0.15) is 6.04 Å². The Hall–Kier alpha value is -1.57. The van der Waals surface area contributed by atoms with Crippen LogP contribution in [0.15, 0.2) is 0 Å². The maximum absolute atomic E-state index is 11.5. The van der Waals surface area contributed by atoms with Crippen molar-refractivity contribution in [2.45, 2.75) is 38.3 Å². The smallest absolute Gasteiger partial charge is 0.328 e. The molecular formula is C10H14N2O3. The minimum Gasteiger partial charge on any atom is -0.467 e. The maximum atomic E-state index is 11.5. The molecule has 0 bridgehead atoms. The van der Waals surface area contributed by atoms with E-state index < -0.39 is 12.0 Å². The van der Waals surface area contributed by atoms with Gasteiger partial charge in [0.2, 0.25) is 5.91 Å². The summed E-state index contributed by atoms with van der Waals surface area (Å²) in [7, 11) is 1.30. The molecule has 0 saturated carbocycles. The normalized spacial score (nSPS) is 22.3. The zero-order valence-electron chi connectivity index (χ0n) is 8.90. The molecule has 1 saturated heterocycles. The third-order valence-electron chi connectivity index (χ3n) is 2.59. The molecule has 5 heteroatoms. The van der Waals surface area contributed by atoms with Crippen LogP contribution in [0.1, 0.15) is 26.2 Å². The molecular weight excluding hydrogens is 196 g/mol. The van der Waals surface area contributed by atoms with Gasteiger partial charge in [-0.1, -0.05) is 0 Å². The Morgan fingerprint density at radius 3 is 3.00 bits per heavy atom. The average molecular weight is 210 g/mol. The van der Waals surface area contributed by atoms with Crippen molar-refractivity contribution >= 4 is 11.9 Å². The summed E-state index contributed by atoms with van der Waals surface area (Å²) in [6.07, 6.45) is 1.08. The number of nitrogens with zero attached hydrogens (tertiary/aromatic N) is 2. The van der Waals surface area contributed by atoms with Crippen molar-refractivity contribution in [3.8, 4) is 6.07 Å². The number of carbonyl (C=O) groups is 2. The number of methoxy groups -OCH3 is 1. The van der Waals surface area contributed by atoms with E-state index in [1.165, 1.54) is 12.0 Å². The Labute approximate surface area is 88.6 Å². The number of ether oxygens (including phenoxy) is 1. The van der Waals surface area contributed by atoms with E-state index in [0.717, 1.165) is 0 Å². The summed E-state index contributed by atoms with van der Waals surface area (Å²) in [5.74, 6) is -0.473. The molecule has 2 atom stereocenters. The Balaban J connectivity index is 2.77. The quantitative estimate of drug-likeness (QED) is 0.634. The second kappa shape index (κ2) is 4.78. The van der Waals surface area contributed by atoms with Gasteiger partial charge in [-0.3, -0.25) is 4.79 Å². The van der Waals surface area contributed by atoms with Crippen molar-refractivity contribution in [3.63, 3.8) is 0 Å². The summed E-state index contributed by atoms with van der Waals surface area (Å²) in [6, 6.07) is 1.26. The van der Waals surface area contributed by atoms with Crippen LogP contribution in [0.5, 0.6) is 0 Å². The topological polar surface area (TPSA) is 70.4 Å². The molecule has 0 aromatic rings. The molecule has 0 aliphatic carbocycles. The molecule has 0 radical (unpaired) electrons. The first kappa shape index (κ1) is 11.5. The van der Waals surface area contributed by atoms with Gasteiger partial charge >= 0.3 is 5.97 Å². The number of hydrogen-bond acceptors (Lipinski definition) is 4. The van der Waals surface area contributed by atoms with Crippen LogP contribution in [0, 0.1) is 11.3 Å². The Morgan fingerprint density at radius 1 is 1.80 bits per heavy atom. The van der Waals surface area contributed by atoms with Crippen LogP contribution in [0.25, 0.3) is 0 Å². The van der Waals surface area contributed by atoms with Gasteiger partial charge in [0, 0.05) is 12.5 Å². The molecule has 0 N–H and O–H groups in total. The number of hydrogen-bond donors (Lipinski definition) is 0. The Morgan fingerprint density at radius 2 is 2.47 bits per heavy atom. The zero-order valence-corrected chi connectivity index (χ0v) is 8.90. The molecule has 1 fully saturated rings. The van der Waals surface area contributed by atoms with Gasteiger partial charge in [-0.25, -0.2) is 4.79 Å². The summed E-state index contributed by atoms with van der Waals surface area (Å²) in [6.45, 7) is 1.77. The Kier molecular flexibility index (Phi) is 3.67. The second-order valence-corrected chi connectivity index (χ2v) is 3.59. The number of rotatable bonds is 3. The third kappa shape index (κ3) is 2.27. The summed E-state index contributed by atoms with van der Waals surface area (Å²) in [5, 5.41) is 8.56. The lowest BCUT2D eigenvalue weighted by atomic mass is 10.1. The van der Waals surface area contributed by atoms with Gasteiger partial charge in [0.05, 0.1) is 19.6 Å². The van der Waals surface area contributed by atoms with Gasteiger partial charge < -0.3 is 9.64 Å². The van der Waals surface area contributed by atoms with Crippen molar-refractivity contribution < 1.29 is 14.3 Å². The molecule has 1 aliphatic heterocycles. The highest BCUT2D eigenvalue weighted by Gasteiger charge is 2.39. The van der Waals surface area contributed by atoms with Crippen LogP contribution in [0.3, 0.4) is 0 Å². The third-order valence-corrected chi connectivity index (χ3v) is 2.59. The molecule has 5 nitrogen and oxygen atoms in total. The lowest BCUT2D eigenvalue weighted by Crippen LogP contribution is -2.44. The SMILES string of the molecule is COC(=O)C1CCC(=O)N1C(C)CC#N. The lowest BCUT2D eigenvalue weighted by molar-refractivity contribution is -0.150. The first-order chi connectivity index (χ1) is 7.11. The molecule has 0 aromatic carbocycles. The monoisotopic (exact) mass is 210 g/mol. The van der Waals surface area contributed by atoms with Crippen molar-refractivity contribution in [1.82, 2.24) is 4.90 Å². The van der Waals surface area contributed by atoms with Crippen LogP contribution in [-0.2, 0) is 14.3 Å². The highest BCUT2D eigenvalue weighted by Crippen LogP contribution is 2.23. The lowest BCUT2D eigenvalue weighted by Gasteiger charge is -2.27. The van der Waals surface area contributed by atoms with Gasteiger partial charge in [-0.05, 0) is 13.3 Å². The van der Waals surface area contributed by atoms with E-state index in [1.54, 1.807) is 6.92 Å². The molecule has 0 spiro atoms. The fourth-order valence-corrected chi connectivity index (χ4v) is 1.85. The largest absolute Gasteiger partial charge is 0.467 e. The predicted molar refractivity (Wildman–Crippen MR) is 51.6 cm³/mol. The Bertz CT molecular complexity index is 308. The maximum Gasteiger partial charge on any atom is 0.328 e. The number of likely N-dealkylation sites (tertiary alicyclic amines) is 1. The van der Waals surface area contributed by atoms with Gasteiger partial charge in [0.25, 0.3) is 0 Å². The standard InChI is InChI=1S/C10H14N2O3/c1-7(5-6-11)12-8(10(14)15-2)3-4-9(12)13/h7-8H,3-5H2,1-2H3. The van der Waals surface area contributed by atoms with E-state index in [2.05, 4.69) is 4.74 Å². The summed E-state index contributed by atoms with van der Waals surface area (Å²) < 4.78 is 4.63. The zero-order chi connectivity index (χ0) is 11.4. The van der Waals surface area contributed by atoms with Crippen molar-refractivity contribution in [1.29, 1.82) is 5.26 Å². The number of amides is 1. The van der Waals surface area contributed by atoms with E-state index in [0.29, 0.717) is 12.8 Å². The number of nitriles is 1. The first-order valence-electron chi connectivity index (χ1n) is 4.87. The van der Waals surface area contributed by atoms with Crippen LogP contribution in [0.2, 0.25) is 0 Å². The van der Waals surface area contributed by atoms with Gasteiger partial charge in [-0.15, -0.1) is 0 Å². The van der Waals surface area contributed by atoms with Gasteiger partial charge in [-0.2, -0.15) is 5.26 Å². The highest BCUT2D eigenvalue weighted by molar-refractivity contribution is 5.88. The summed E-state index contributed by atoms with van der Waals surface area (Å²) in [4.78, 5) is 24.4. The minimum atomic E-state index is -0.508. The molecule has 1 aliphatic rings. The van der Waals surface area contributed by atoms with E-state index in [9.17, 15) is 9.59 Å². The molecule has 1 amide bonds. The van der Waals surface area contributed by atoms with Crippen molar-refractivity contribution in [2.75, 3.05) is 7.11 Å². The number of carbonyl (C=O) groups excluding carboxylic acids is 2. The summed E-state index contributed by atoms with van der Waals surface area (Å²) in [5.41, 5.74) is 0. The summed E-state index contributed by atoms with van der Waals surface area (Å²) >= 11 is 0. The molecule has 0 aromatic heterocycles. The second-order valence-electron chi connectivity index (χ2n) is 3.59. The fraction of sp³-hybridized carbons (Fsp3) is 0.700. The molecule has 1 rings (SSSR count). The fourth-order valence-electron chi connectivity index (χ4n) is 1.85. The first-order valence-corrected chi connectivity index (χ1v) is 4.87. The molecule has 2 unspecified atom stereocenters. The molecule has 82 valence electrons. The van der Waals surface area contributed by atoms with E-state index in [4.69, 9.17) is 5.26 Å². The molecule has 1 heterocycles.